The van der Waals surface area contributed by atoms with E-state index in [4.69, 9.17) is 4.74 Å². The number of anilines is 1. The summed E-state index contributed by atoms with van der Waals surface area (Å²) < 4.78 is 5.21. The summed E-state index contributed by atoms with van der Waals surface area (Å²) in [6.07, 6.45) is 0.242. The van der Waals surface area contributed by atoms with Crippen LogP contribution < -0.4 is 4.90 Å². The Kier molecular flexibility index (Phi) is 1.89. The van der Waals surface area contributed by atoms with E-state index in [9.17, 15) is 4.79 Å². The maximum Gasteiger partial charge on any atom is 0.237 e. The molecule has 0 aliphatic carbocycles. The minimum Gasteiger partial charge on any atom is -0.371 e. The molecule has 3 nitrogen and oxygen atoms in total. The number of ether oxygens (including phenoxy) is 1. The van der Waals surface area contributed by atoms with Gasteiger partial charge in [-0.3, -0.25) is 4.79 Å². The third kappa shape index (κ3) is 1.28. The van der Waals surface area contributed by atoms with E-state index < -0.39 is 5.41 Å². The van der Waals surface area contributed by atoms with E-state index in [-0.39, 0.29) is 12.0 Å². The van der Waals surface area contributed by atoms with Gasteiger partial charge in [-0.2, -0.15) is 0 Å². The largest absolute Gasteiger partial charge is 0.371 e. The molecule has 1 unspecified atom stereocenters. The summed E-state index contributed by atoms with van der Waals surface area (Å²) in [5.74, 6) is 0.184. The molecule has 1 fully saturated rings. The minimum absolute atomic E-state index is 0.184. The molecule has 1 atom stereocenters. The van der Waals surface area contributed by atoms with E-state index in [0.29, 0.717) is 6.54 Å². The average Bonchev–Trinajstić information content (AvgIpc) is 3.05. The maximum absolute atomic E-state index is 12.3. The number of fused-ring (bicyclic) bond motifs is 1. The second-order valence-corrected chi connectivity index (χ2v) is 5.01. The highest BCUT2D eigenvalue weighted by Gasteiger charge is 2.45. The van der Waals surface area contributed by atoms with E-state index in [0.717, 1.165) is 17.9 Å². The fourth-order valence-electron chi connectivity index (χ4n) is 2.36. The van der Waals surface area contributed by atoms with Gasteiger partial charge in [-0.05, 0) is 25.5 Å². The normalized spacial score (nSPS) is 25.8. The number of nitrogens with zero attached hydrogens (tertiary/aromatic N) is 1. The summed E-state index contributed by atoms with van der Waals surface area (Å²) in [5.41, 5.74) is 1.78. The van der Waals surface area contributed by atoms with Crippen molar-refractivity contribution in [2.75, 3.05) is 18.1 Å². The molecule has 0 saturated carbocycles. The molecule has 0 radical (unpaired) electrons. The summed E-state index contributed by atoms with van der Waals surface area (Å²) in [6.45, 7) is 5.45. The molecular weight excluding hydrogens is 202 g/mol. The fourth-order valence-corrected chi connectivity index (χ4v) is 2.36. The van der Waals surface area contributed by atoms with Crippen LogP contribution in [-0.2, 0) is 14.9 Å². The van der Waals surface area contributed by atoms with Gasteiger partial charge in [0.1, 0.15) is 0 Å². The fraction of sp³-hybridized carbons (Fsp3) is 0.462. The van der Waals surface area contributed by atoms with E-state index in [2.05, 4.69) is 0 Å². The summed E-state index contributed by atoms with van der Waals surface area (Å²) >= 11 is 0. The molecule has 0 spiro atoms. The number of amides is 1. The number of benzene rings is 1. The lowest BCUT2D eigenvalue weighted by Gasteiger charge is -2.19. The molecular formula is C13H15NO2. The van der Waals surface area contributed by atoms with Gasteiger partial charge in [0.25, 0.3) is 0 Å². The Balaban J connectivity index is 2.04. The second-order valence-electron chi connectivity index (χ2n) is 5.01. The lowest BCUT2D eigenvalue weighted by atomic mass is 9.86. The van der Waals surface area contributed by atoms with Crippen molar-refractivity contribution in [3.05, 3.63) is 29.8 Å². The van der Waals surface area contributed by atoms with Gasteiger partial charge in [-0.15, -0.1) is 0 Å². The topological polar surface area (TPSA) is 32.8 Å². The number of hydrogen-bond acceptors (Lipinski definition) is 2. The SMILES string of the molecule is CC1(C)C(=O)N(CC2CO2)c2ccccc21. The predicted octanol–water partition coefficient (Wildman–Crippen LogP) is 1.71. The first-order chi connectivity index (χ1) is 7.60. The first-order valence-electron chi connectivity index (χ1n) is 5.64. The van der Waals surface area contributed by atoms with Crippen molar-refractivity contribution in [1.82, 2.24) is 0 Å². The summed E-state index contributed by atoms with van der Waals surface area (Å²) in [4.78, 5) is 14.2. The Morgan fingerprint density at radius 2 is 2.12 bits per heavy atom. The van der Waals surface area contributed by atoms with Crippen LogP contribution >= 0.6 is 0 Å². The van der Waals surface area contributed by atoms with Crippen molar-refractivity contribution >= 4 is 11.6 Å². The number of para-hydroxylation sites is 1. The molecule has 84 valence electrons. The van der Waals surface area contributed by atoms with E-state index in [1.54, 1.807) is 0 Å². The van der Waals surface area contributed by atoms with Crippen LogP contribution in [0.2, 0.25) is 0 Å². The molecule has 1 amide bonds. The first kappa shape index (κ1) is 9.85. The molecule has 1 aromatic carbocycles. The third-order valence-electron chi connectivity index (χ3n) is 3.44. The zero-order valence-electron chi connectivity index (χ0n) is 9.56. The van der Waals surface area contributed by atoms with Crippen molar-refractivity contribution in [3.63, 3.8) is 0 Å². The quantitative estimate of drug-likeness (QED) is 0.706. The summed E-state index contributed by atoms with van der Waals surface area (Å²) in [7, 11) is 0. The predicted molar refractivity (Wildman–Crippen MR) is 61.6 cm³/mol. The molecule has 1 aromatic rings. The molecule has 1 saturated heterocycles. The van der Waals surface area contributed by atoms with Crippen LogP contribution in [-0.4, -0.2) is 25.2 Å². The van der Waals surface area contributed by atoms with Gasteiger partial charge in [0.15, 0.2) is 0 Å². The Hall–Kier alpha value is -1.35. The first-order valence-corrected chi connectivity index (χ1v) is 5.64. The maximum atomic E-state index is 12.3. The highest BCUT2D eigenvalue weighted by atomic mass is 16.6. The molecule has 3 rings (SSSR count). The second kappa shape index (κ2) is 3.08. The Morgan fingerprint density at radius 3 is 2.81 bits per heavy atom. The van der Waals surface area contributed by atoms with Crippen LogP contribution in [0.25, 0.3) is 0 Å². The molecule has 2 heterocycles. The number of carbonyl (C=O) groups is 1. The lowest BCUT2D eigenvalue weighted by Crippen LogP contribution is -2.38. The van der Waals surface area contributed by atoms with Crippen molar-refractivity contribution in [1.29, 1.82) is 0 Å². The Morgan fingerprint density at radius 1 is 1.44 bits per heavy atom. The molecule has 16 heavy (non-hydrogen) atoms. The van der Waals surface area contributed by atoms with Crippen LogP contribution in [0.15, 0.2) is 24.3 Å². The summed E-state index contributed by atoms with van der Waals surface area (Å²) in [5, 5.41) is 0. The van der Waals surface area contributed by atoms with Gasteiger partial charge in [0.05, 0.1) is 24.7 Å². The molecule has 2 aliphatic rings. The van der Waals surface area contributed by atoms with E-state index in [1.807, 2.05) is 43.0 Å². The molecule has 0 bridgehead atoms. The third-order valence-corrected chi connectivity index (χ3v) is 3.44. The summed E-state index contributed by atoms with van der Waals surface area (Å²) in [6, 6.07) is 8.03. The Bertz CT molecular complexity index is 449. The van der Waals surface area contributed by atoms with Crippen LogP contribution in [0.4, 0.5) is 5.69 Å². The molecule has 0 N–H and O–H groups in total. The minimum atomic E-state index is -0.397. The van der Waals surface area contributed by atoms with Gasteiger partial charge < -0.3 is 9.64 Å². The monoisotopic (exact) mass is 217 g/mol. The van der Waals surface area contributed by atoms with Gasteiger partial charge in [0, 0.05) is 5.69 Å². The zero-order chi connectivity index (χ0) is 11.3. The zero-order valence-corrected chi connectivity index (χ0v) is 9.56. The highest BCUT2D eigenvalue weighted by Crippen LogP contribution is 2.41. The average molecular weight is 217 g/mol. The number of carbonyl (C=O) groups excluding carboxylic acids is 1. The standard InChI is InChI=1S/C13H15NO2/c1-13(2)10-5-3-4-6-11(10)14(12(13)15)7-9-8-16-9/h3-6,9H,7-8H2,1-2H3. The van der Waals surface area contributed by atoms with Crippen molar-refractivity contribution in [3.8, 4) is 0 Å². The van der Waals surface area contributed by atoms with Crippen LogP contribution in [0, 0.1) is 0 Å². The molecule has 2 aliphatic heterocycles. The van der Waals surface area contributed by atoms with Crippen LogP contribution in [0.1, 0.15) is 19.4 Å². The Labute approximate surface area is 95.0 Å². The smallest absolute Gasteiger partial charge is 0.237 e. The van der Waals surface area contributed by atoms with Crippen molar-refractivity contribution in [2.45, 2.75) is 25.4 Å². The van der Waals surface area contributed by atoms with E-state index >= 15 is 0 Å². The number of epoxide rings is 1. The van der Waals surface area contributed by atoms with Crippen molar-refractivity contribution in [2.24, 2.45) is 0 Å². The van der Waals surface area contributed by atoms with Gasteiger partial charge in [-0.25, -0.2) is 0 Å². The van der Waals surface area contributed by atoms with Crippen LogP contribution in [0.3, 0.4) is 0 Å². The lowest BCUT2D eigenvalue weighted by molar-refractivity contribution is -0.122. The van der Waals surface area contributed by atoms with E-state index in [1.165, 1.54) is 0 Å². The molecule has 3 heteroatoms. The van der Waals surface area contributed by atoms with Crippen LogP contribution in [0.5, 0.6) is 0 Å². The molecule has 0 aromatic heterocycles. The van der Waals surface area contributed by atoms with Gasteiger partial charge in [0.2, 0.25) is 5.91 Å². The van der Waals surface area contributed by atoms with Gasteiger partial charge in [-0.1, -0.05) is 18.2 Å². The van der Waals surface area contributed by atoms with Gasteiger partial charge >= 0.3 is 0 Å². The number of hydrogen-bond donors (Lipinski definition) is 0. The highest BCUT2D eigenvalue weighted by molar-refractivity contribution is 6.07. The number of rotatable bonds is 2. The van der Waals surface area contributed by atoms with Crippen molar-refractivity contribution < 1.29 is 9.53 Å².